The molecule has 0 fully saturated rings. The molecule has 0 aliphatic rings. The molecule has 0 amide bonds. The van der Waals surface area contributed by atoms with Gasteiger partial charge in [0.1, 0.15) is 12.4 Å². The summed E-state index contributed by atoms with van der Waals surface area (Å²) in [4.78, 5) is 0. The van der Waals surface area contributed by atoms with E-state index in [9.17, 15) is 0 Å². The summed E-state index contributed by atoms with van der Waals surface area (Å²) in [6.45, 7) is 5.48. The maximum Gasteiger partial charge on any atom is 0.127 e. The Morgan fingerprint density at radius 2 is 2.22 bits per heavy atom. The highest BCUT2D eigenvalue weighted by Crippen LogP contribution is 2.25. The van der Waals surface area contributed by atoms with Crippen LogP contribution in [-0.4, -0.2) is 9.78 Å². The lowest BCUT2D eigenvalue weighted by Gasteiger charge is -2.11. The normalized spacial score (nSPS) is 10.6. The average molecular weight is 265 g/mol. The van der Waals surface area contributed by atoms with Crippen molar-refractivity contribution < 1.29 is 4.74 Å². The highest BCUT2D eigenvalue weighted by Gasteiger charge is 2.07. The molecule has 0 saturated carbocycles. The highest BCUT2D eigenvalue weighted by atomic mass is 35.5. The fourth-order valence-electron chi connectivity index (χ4n) is 1.83. The lowest BCUT2D eigenvalue weighted by molar-refractivity contribution is 0.301. The number of hydrogen-bond donors (Lipinski definition) is 0. The van der Waals surface area contributed by atoms with Gasteiger partial charge in [-0.1, -0.05) is 18.2 Å². The molecular weight excluding hydrogens is 248 g/mol. The van der Waals surface area contributed by atoms with Crippen molar-refractivity contribution in [3.8, 4) is 5.75 Å². The summed E-state index contributed by atoms with van der Waals surface area (Å²) in [5.41, 5.74) is 3.20. The van der Waals surface area contributed by atoms with Gasteiger partial charge in [0, 0.05) is 23.9 Å². The van der Waals surface area contributed by atoms with E-state index in [0.717, 1.165) is 29.0 Å². The van der Waals surface area contributed by atoms with Gasteiger partial charge in [-0.15, -0.1) is 11.6 Å². The Labute approximate surface area is 112 Å². The van der Waals surface area contributed by atoms with Crippen LogP contribution in [0.3, 0.4) is 0 Å². The number of alkyl halides is 1. The largest absolute Gasteiger partial charge is 0.488 e. The van der Waals surface area contributed by atoms with Crippen molar-refractivity contribution in [2.24, 2.45) is 0 Å². The number of benzene rings is 1. The quantitative estimate of drug-likeness (QED) is 0.773. The molecule has 0 unspecified atom stereocenters. The van der Waals surface area contributed by atoms with Gasteiger partial charge in [0.15, 0.2) is 0 Å². The molecule has 0 spiro atoms. The van der Waals surface area contributed by atoms with Crippen molar-refractivity contribution in [3.63, 3.8) is 0 Å². The van der Waals surface area contributed by atoms with Gasteiger partial charge in [0.05, 0.1) is 12.1 Å². The van der Waals surface area contributed by atoms with Crippen LogP contribution in [0.1, 0.15) is 23.6 Å². The van der Waals surface area contributed by atoms with Crippen molar-refractivity contribution in [1.82, 2.24) is 9.78 Å². The number of para-hydroxylation sites is 1. The summed E-state index contributed by atoms with van der Waals surface area (Å²) in [5, 5.41) is 4.22. The van der Waals surface area contributed by atoms with E-state index in [1.54, 1.807) is 0 Å². The maximum absolute atomic E-state index is 5.92. The first-order chi connectivity index (χ1) is 8.74. The Kier molecular flexibility index (Phi) is 4.26. The van der Waals surface area contributed by atoms with Gasteiger partial charge in [-0.3, -0.25) is 4.68 Å². The molecule has 0 atom stereocenters. The van der Waals surface area contributed by atoms with Crippen LogP contribution >= 0.6 is 11.6 Å². The lowest BCUT2D eigenvalue weighted by Crippen LogP contribution is -1.99. The molecule has 3 nitrogen and oxygen atoms in total. The van der Waals surface area contributed by atoms with E-state index in [-0.39, 0.29) is 0 Å². The predicted octanol–water partition coefficient (Wildman–Crippen LogP) is 3.53. The Morgan fingerprint density at radius 1 is 1.39 bits per heavy atom. The fraction of sp³-hybridized carbons (Fsp3) is 0.357. The summed E-state index contributed by atoms with van der Waals surface area (Å²) in [6, 6.07) is 6.01. The van der Waals surface area contributed by atoms with E-state index in [0.29, 0.717) is 12.5 Å². The number of halogens is 1. The van der Waals surface area contributed by atoms with Crippen molar-refractivity contribution in [3.05, 3.63) is 47.3 Å². The second-order valence-electron chi connectivity index (χ2n) is 4.19. The highest BCUT2D eigenvalue weighted by molar-refractivity contribution is 6.17. The van der Waals surface area contributed by atoms with Gasteiger partial charge in [-0.05, 0) is 19.4 Å². The van der Waals surface area contributed by atoms with Gasteiger partial charge in [0.2, 0.25) is 0 Å². The predicted molar refractivity (Wildman–Crippen MR) is 73.0 cm³/mol. The standard InChI is InChI=1S/C14H17ClN2O/c1-3-17-9-12(8-16-17)10-18-14-11(2)5-4-6-13(14)7-15/h4-6,8-9H,3,7,10H2,1-2H3. The van der Waals surface area contributed by atoms with E-state index in [1.807, 2.05) is 42.2 Å². The molecule has 0 aliphatic carbocycles. The number of aryl methyl sites for hydroxylation is 2. The van der Waals surface area contributed by atoms with Crippen LogP contribution in [0.2, 0.25) is 0 Å². The monoisotopic (exact) mass is 264 g/mol. The van der Waals surface area contributed by atoms with Crippen LogP contribution in [0.4, 0.5) is 0 Å². The number of ether oxygens (including phenoxy) is 1. The lowest BCUT2D eigenvalue weighted by atomic mass is 10.1. The van der Waals surface area contributed by atoms with Gasteiger partial charge in [-0.2, -0.15) is 5.10 Å². The molecule has 2 aromatic rings. The Bertz CT molecular complexity index is 522. The van der Waals surface area contributed by atoms with Crippen molar-refractivity contribution in [2.45, 2.75) is 32.9 Å². The van der Waals surface area contributed by atoms with Gasteiger partial charge in [-0.25, -0.2) is 0 Å². The summed E-state index contributed by atoms with van der Waals surface area (Å²) < 4.78 is 7.75. The molecule has 0 aliphatic heterocycles. The van der Waals surface area contributed by atoms with E-state index in [4.69, 9.17) is 16.3 Å². The van der Waals surface area contributed by atoms with E-state index >= 15 is 0 Å². The minimum Gasteiger partial charge on any atom is -0.488 e. The van der Waals surface area contributed by atoms with Crippen LogP contribution in [0, 0.1) is 6.92 Å². The summed E-state index contributed by atoms with van der Waals surface area (Å²) in [5.74, 6) is 1.35. The molecule has 1 aromatic heterocycles. The summed E-state index contributed by atoms with van der Waals surface area (Å²) in [6.07, 6.45) is 3.83. The fourth-order valence-corrected chi connectivity index (χ4v) is 2.04. The molecule has 0 radical (unpaired) electrons. The molecule has 0 bridgehead atoms. The van der Waals surface area contributed by atoms with Gasteiger partial charge >= 0.3 is 0 Å². The molecule has 1 heterocycles. The molecule has 4 heteroatoms. The van der Waals surface area contributed by atoms with Crippen molar-refractivity contribution in [1.29, 1.82) is 0 Å². The Morgan fingerprint density at radius 3 is 2.89 bits per heavy atom. The zero-order valence-electron chi connectivity index (χ0n) is 10.7. The first-order valence-electron chi connectivity index (χ1n) is 6.03. The van der Waals surface area contributed by atoms with Crippen LogP contribution < -0.4 is 4.74 Å². The minimum absolute atomic E-state index is 0.464. The smallest absolute Gasteiger partial charge is 0.127 e. The molecule has 1 aromatic carbocycles. The second kappa shape index (κ2) is 5.91. The van der Waals surface area contributed by atoms with E-state index in [1.165, 1.54) is 0 Å². The third-order valence-electron chi connectivity index (χ3n) is 2.83. The molecule has 18 heavy (non-hydrogen) atoms. The van der Waals surface area contributed by atoms with Gasteiger partial charge in [0.25, 0.3) is 0 Å². The van der Waals surface area contributed by atoms with Crippen LogP contribution in [0.15, 0.2) is 30.6 Å². The van der Waals surface area contributed by atoms with Gasteiger partial charge < -0.3 is 4.74 Å². The minimum atomic E-state index is 0.464. The number of aromatic nitrogens is 2. The van der Waals surface area contributed by atoms with E-state index in [2.05, 4.69) is 12.0 Å². The Balaban J connectivity index is 2.10. The number of hydrogen-bond acceptors (Lipinski definition) is 2. The van der Waals surface area contributed by atoms with E-state index < -0.39 is 0 Å². The zero-order chi connectivity index (χ0) is 13.0. The SMILES string of the molecule is CCn1cc(COc2c(C)cccc2CCl)cn1. The first-order valence-corrected chi connectivity index (χ1v) is 6.56. The number of nitrogens with zero attached hydrogens (tertiary/aromatic N) is 2. The third-order valence-corrected chi connectivity index (χ3v) is 3.12. The second-order valence-corrected chi connectivity index (χ2v) is 4.46. The van der Waals surface area contributed by atoms with Crippen LogP contribution in [-0.2, 0) is 19.0 Å². The first kappa shape index (κ1) is 13.0. The van der Waals surface area contributed by atoms with Crippen LogP contribution in [0.5, 0.6) is 5.75 Å². The summed E-state index contributed by atoms with van der Waals surface area (Å²) in [7, 11) is 0. The zero-order valence-corrected chi connectivity index (χ0v) is 11.4. The molecule has 2 rings (SSSR count). The molecule has 0 saturated heterocycles. The Hall–Kier alpha value is -1.48. The molecular formula is C14H17ClN2O. The molecule has 0 N–H and O–H groups in total. The summed E-state index contributed by atoms with van der Waals surface area (Å²) >= 11 is 5.92. The van der Waals surface area contributed by atoms with Crippen LogP contribution in [0.25, 0.3) is 0 Å². The van der Waals surface area contributed by atoms with Crippen molar-refractivity contribution >= 4 is 11.6 Å². The maximum atomic E-state index is 5.92. The number of rotatable bonds is 5. The van der Waals surface area contributed by atoms with Crippen molar-refractivity contribution in [2.75, 3.05) is 0 Å². The third kappa shape index (κ3) is 2.85. The average Bonchev–Trinajstić information content (AvgIpc) is 2.85. The topological polar surface area (TPSA) is 27.1 Å². The molecule has 96 valence electrons.